The summed E-state index contributed by atoms with van der Waals surface area (Å²) >= 11 is 0. The van der Waals surface area contributed by atoms with Crippen LogP contribution in [0.5, 0.6) is 0 Å². The smallest absolute Gasteiger partial charge is 0.338 e. The number of ether oxygens (including phenoxy) is 1. The maximum absolute atomic E-state index is 12.9. The summed E-state index contributed by atoms with van der Waals surface area (Å²) in [6.07, 6.45) is 0. The van der Waals surface area contributed by atoms with Gasteiger partial charge in [0.25, 0.3) is 5.91 Å². The average Bonchev–Trinajstić information content (AvgIpc) is 3.07. The number of fused-ring (bicyclic) bond motifs is 1. The molecule has 0 fully saturated rings. The van der Waals surface area contributed by atoms with Gasteiger partial charge in [0.15, 0.2) is 0 Å². The Kier molecular flexibility index (Phi) is 4.98. The Hall–Kier alpha value is -4.06. The molecule has 6 nitrogen and oxygen atoms in total. The van der Waals surface area contributed by atoms with Crippen molar-refractivity contribution in [2.75, 3.05) is 23.5 Å². The van der Waals surface area contributed by atoms with Gasteiger partial charge >= 0.3 is 5.97 Å². The molecule has 0 atom stereocenters. The van der Waals surface area contributed by atoms with Gasteiger partial charge in [0, 0.05) is 22.6 Å². The third-order valence-corrected chi connectivity index (χ3v) is 5.00. The number of amides is 1. The van der Waals surface area contributed by atoms with E-state index in [-0.39, 0.29) is 11.9 Å². The van der Waals surface area contributed by atoms with E-state index in [1.54, 1.807) is 30.3 Å². The van der Waals surface area contributed by atoms with Gasteiger partial charge in [-0.05, 0) is 54.4 Å². The largest absolute Gasteiger partial charge is 0.465 e. The third-order valence-electron chi connectivity index (χ3n) is 5.00. The molecule has 3 aromatic carbocycles. The first-order valence-electron chi connectivity index (χ1n) is 9.45. The number of aryl methyl sites for hydroxylation is 1. The summed E-state index contributed by atoms with van der Waals surface area (Å²) < 4.78 is 4.82. The van der Waals surface area contributed by atoms with Crippen LogP contribution < -0.4 is 16.4 Å². The molecule has 1 aliphatic heterocycles. The highest BCUT2D eigenvalue weighted by atomic mass is 16.5. The minimum absolute atomic E-state index is 0.204. The van der Waals surface area contributed by atoms with Crippen molar-refractivity contribution in [1.29, 1.82) is 0 Å². The summed E-state index contributed by atoms with van der Waals surface area (Å²) in [5, 5.41) is 6.28. The fourth-order valence-corrected chi connectivity index (χ4v) is 3.54. The van der Waals surface area contributed by atoms with Crippen LogP contribution in [0.25, 0.3) is 11.3 Å². The van der Waals surface area contributed by atoms with Crippen molar-refractivity contribution >= 4 is 40.2 Å². The molecule has 30 heavy (non-hydrogen) atoms. The maximum Gasteiger partial charge on any atom is 0.338 e. The zero-order valence-electron chi connectivity index (χ0n) is 16.7. The summed E-state index contributed by atoms with van der Waals surface area (Å²) in [4.78, 5) is 24.8. The van der Waals surface area contributed by atoms with E-state index in [0.29, 0.717) is 22.5 Å². The van der Waals surface area contributed by atoms with Crippen LogP contribution in [0.2, 0.25) is 0 Å². The number of methoxy groups -OCH3 is 1. The van der Waals surface area contributed by atoms with E-state index in [4.69, 9.17) is 10.5 Å². The monoisotopic (exact) mass is 399 g/mol. The molecule has 0 radical (unpaired) electrons. The van der Waals surface area contributed by atoms with E-state index < -0.39 is 0 Å². The van der Waals surface area contributed by atoms with Gasteiger partial charge < -0.3 is 21.1 Å². The predicted molar refractivity (Wildman–Crippen MR) is 119 cm³/mol. The van der Waals surface area contributed by atoms with E-state index in [1.165, 1.54) is 7.11 Å². The van der Waals surface area contributed by atoms with Crippen molar-refractivity contribution in [2.45, 2.75) is 6.92 Å². The Bertz CT molecular complexity index is 1180. The lowest BCUT2D eigenvalue weighted by atomic mass is 9.99. The third kappa shape index (κ3) is 3.51. The highest BCUT2D eigenvalue weighted by Gasteiger charge is 2.28. The first-order chi connectivity index (χ1) is 14.5. The van der Waals surface area contributed by atoms with E-state index in [2.05, 4.69) is 10.6 Å². The number of carbonyl (C=O) groups excluding carboxylic acids is 2. The van der Waals surface area contributed by atoms with Gasteiger partial charge in [-0.25, -0.2) is 4.79 Å². The van der Waals surface area contributed by atoms with E-state index in [9.17, 15) is 9.59 Å². The second-order valence-electron chi connectivity index (χ2n) is 7.02. The number of benzene rings is 3. The van der Waals surface area contributed by atoms with Gasteiger partial charge in [-0.1, -0.05) is 30.3 Å². The number of anilines is 3. The zero-order chi connectivity index (χ0) is 21.3. The lowest BCUT2D eigenvalue weighted by molar-refractivity contribution is -0.110. The van der Waals surface area contributed by atoms with Crippen LogP contribution in [-0.4, -0.2) is 19.0 Å². The highest BCUT2D eigenvalue weighted by Crippen LogP contribution is 2.38. The van der Waals surface area contributed by atoms with Gasteiger partial charge in [0.2, 0.25) is 0 Å². The lowest BCUT2D eigenvalue weighted by Crippen LogP contribution is -2.10. The second-order valence-corrected chi connectivity index (χ2v) is 7.02. The van der Waals surface area contributed by atoms with Crippen molar-refractivity contribution in [3.05, 3.63) is 89.0 Å². The molecule has 0 bridgehead atoms. The van der Waals surface area contributed by atoms with Crippen LogP contribution in [-0.2, 0) is 9.53 Å². The van der Waals surface area contributed by atoms with Gasteiger partial charge in [0.05, 0.1) is 23.9 Å². The van der Waals surface area contributed by atoms with Crippen LogP contribution in [0.3, 0.4) is 0 Å². The minimum Gasteiger partial charge on any atom is -0.465 e. The molecule has 0 unspecified atom stereocenters. The molecule has 0 spiro atoms. The normalized spacial score (nSPS) is 14.0. The average molecular weight is 399 g/mol. The number of carbonyl (C=O) groups is 2. The molecule has 150 valence electrons. The molecule has 1 amide bonds. The Morgan fingerprint density at radius 3 is 2.50 bits per heavy atom. The van der Waals surface area contributed by atoms with Crippen LogP contribution in [0.1, 0.15) is 27.0 Å². The number of esters is 1. The number of rotatable bonds is 4. The fourth-order valence-electron chi connectivity index (χ4n) is 3.54. The first-order valence-corrected chi connectivity index (χ1v) is 9.45. The van der Waals surface area contributed by atoms with Crippen LogP contribution in [0, 0.1) is 6.92 Å². The molecule has 3 aromatic rings. The minimum atomic E-state index is -0.389. The summed E-state index contributed by atoms with van der Waals surface area (Å²) in [6, 6.07) is 20.3. The topological polar surface area (TPSA) is 93.4 Å². The predicted octanol–water partition coefficient (Wildman–Crippen LogP) is 4.30. The molecule has 4 rings (SSSR count). The van der Waals surface area contributed by atoms with E-state index in [0.717, 1.165) is 28.1 Å². The molecular weight excluding hydrogens is 378 g/mol. The SMILES string of the molecule is COC(=O)c1ccc(NC(=C2C(=O)Nc3ccc(N)cc32)c2ccccc2)cc1C. The molecule has 0 aromatic heterocycles. The molecule has 0 aliphatic carbocycles. The molecule has 1 aliphatic rings. The maximum atomic E-state index is 12.9. The Morgan fingerprint density at radius 1 is 1.03 bits per heavy atom. The van der Waals surface area contributed by atoms with Crippen molar-refractivity contribution < 1.29 is 14.3 Å². The molecule has 1 heterocycles. The summed E-state index contributed by atoms with van der Waals surface area (Å²) in [7, 11) is 1.35. The molecule has 4 N–H and O–H groups in total. The number of nitrogens with two attached hydrogens (primary N) is 1. The van der Waals surface area contributed by atoms with Crippen LogP contribution >= 0.6 is 0 Å². The lowest BCUT2D eigenvalue weighted by Gasteiger charge is -2.16. The number of nitrogen functional groups attached to an aromatic ring is 1. The first kappa shape index (κ1) is 19.3. The molecule has 0 saturated carbocycles. The van der Waals surface area contributed by atoms with Crippen LogP contribution in [0.15, 0.2) is 66.7 Å². The van der Waals surface area contributed by atoms with Gasteiger partial charge in [-0.15, -0.1) is 0 Å². The number of hydrogen-bond acceptors (Lipinski definition) is 5. The Morgan fingerprint density at radius 2 is 1.80 bits per heavy atom. The molecule has 6 heteroatoms. The molecular formula is C24H21N3O3. The molecule has 0 saturated heterocycles. The van der Waals surface area contributed by atoms with Crippen molar-refractivity contribution in [2.24, 2.45) is 0 Å². The van der Waals surface area contributed by atoms with Crippen molar-refractivity contribution in [3.63, 3.8) is 0 Å². The quantitative estimate of drug-likeness (QED) is 0.346. The number of nitrogens with one attached hydrogen (secondary N) is 2. The highest BCUT2D eigenvalue weighted by molar-refractivity contribution is 6.37. The second kappa shape index (κ2) is 7.75. The standard InChI is InChI=1S/C24H21N3O3/c1-14-12-17(9-10-18(14)24(29)30-2)26-22(15-6-4-3-5-7-15)21-19-13-16(25)8-11-20(19)27-23(21)28/h3-13,26H,25H2,1-2H3,(H,27,28). The summed E-state index contributed by atoms with van der Waals surface area (Å²) in [5.41, 5.74) is 12.1. The van der Waals surface area contributed by atoms with Gasteiger partial charge in [-0.3, -0.25) is 4.79 Å². The van der Waals surface area contributed by atoms with Crippen LogP contribution in [0.4, 0.5) is 17.1 Å². The van der Waals surface area contributed by atoms with Gasteiger partial charge in [0.1, 0.15) is 0 Å². The van der Waals surface area contributed by atoms with Gasteiger partial charge in [-0.2, -0.15) is 0 Å². The Labute approximate surface area is 174 Å². The zero-order valence-corrected chi connectivity index (χ0v) is 16.7. The van der Waals surface area contributed by atoms with Crippen molar-refractivity contribution in [3.8, 4) is 0 Å². The number of hydrogen-bond donors (Lipinski definition) is 3. The summed E-state index contributed by atoms with van der Waals surface area (Å²) in [5.74, 6) is -0.592. The summed E-state index contributed by atoms with van der Waals surface area (Å²) in [6.45, 7) is 1.84. The van der Waals surface area contributed by atoms with E-state index in [1.807, 2.05) is 43.3 Å². The Balaban J connectivity index is 1.85. The fraction of sp³-hybridized carbons (Fsp3) is 0.0833. The van der Waals surface area contributed by atoms with E-state index >= 15 is 0 Å². The van der Waals surface area contributed by atoms with Crippen molar-refractivity contribution in [1.82, 2.24) is 0 Å².